The Labute approximate surface area is 120 Å². The molecule has 0 aliphatic rings. The van der Waals surface area contributed by atoms with E-state index in [1.54, 1.807) is 0 Å². The quantitative estimate of drug-likeness (QED) is 0.851. The Morgan fingerprint density at radius 1 is 1.39 bits per heavy atom. The molecule has 2 aromatic heterocycles. The molecule has 0 radical (unpaired) electrons. The van der Waals surface area contributed by atoms with Crippen LogP contribution in [0.15, 0.2) is 10.7 Å². The van der Waals surface area contributed by atoms with E-state index in [4.69, 9.17) is 4.52 Å². The van der Waals surface area contributed by atoms with Crippen LogP contribution in [0.25, 0.3) is 11.4 Å². The number of hydrogen-bond acceptors (Lipinski definition) is 5. The first kappa shape index (κ1) is 13.3. The molecule has 1 N–H and O–H groups in total. The summed E-state index contributed by atoms with van der Waals surface area (Å²) < 4.78 is 6.16. The van der Waals surface area contributed by atoms with Crippen molar-refractivity contribution in [1.29, 1.82) is 0 Å². The lowest BCUT2D eigenvalue weighted by Crippen LogP contribution is -2.05. The van der Waals surface area contributed by atoms with E-state index in [1.807, 2.05) is 20.0 Å². The fraction of sp³-hybridized carbons (Fsp3) is 0.417. The van der Waals surface area contributed by atoms with Crippen LogP contribution >= 0.6 is 22.6 Å². The Kier molecular flexibility index (Phi) is 4.15. The highest BCUT2D eigenvalue weighted by atomic mass is 127. The standard InChI is InChI=1S/C12H15IN4O/c1-4-5-14-11-9(13)6-15-12(16-11)10-7(2)17-18-8(10)3/h6H,4-5H2,1-3H3,(H,14,15,16). The summed E-state index contributed by atoms with van der Waals surface area (Å²) in [5.41, 5.74) is 1.70. The van der Waals surface area contributed by atoms with Gasteiger partial charge in [-0.05, 0) is 42.9 Å². The molecule has 0 aliphatic carbocycles. The molecule has 0 aliphatic heterocycles. The van der Waals surface area contributed by atoms with E-state index in [0.29, 0.717) is 5.82 Å². The zero-order valence-electron chi connectivity index (χ0n) is 10.6. The number of aromatic nitrogens is 3. The summed E-state index contributed by atoms with van der Waals surface area (Å²) in [6.07, 6.45) is 2.87. The highest BCUT2D eigenvalue weighted by molar-refractivity contribution is 14.1. The van der Waals surface area contributed by atoms with Crippen LogP contribution in [0.4, 0.5) is 5.82 Å². The van der Waals surface area contributed by atoms with Crippen molar-refractivity contribution in [1.82, 2.24) is 15.1 Å². The van der Waals surface area contributed by atoms with Crippen LogP contribution in [0.5, 0.6) is 0 Å². The molecule has 0 atom stereocenters. The molecule has 2 heterocycles. The number of hydrogen-bond donors (Lipinski definition) is 1. The summed E-state index contributed by atoms with van der Waals surface area (Å²) in [4.78, 5) is 8.90. The molecular weight excluding hydrogens is 343 g/mol. The van der Waals surface area contributed by atoms with Gasteiger partial charge in [-0.25, -0.2) is 9.97 Å². The highest BCUT2D eigenvalue weighted by Crippen LogP contribution is 2.25. The van der Waals surface area contributed by atoms with Gasteiger partial charge in [0.2, 0.25) is 0 Å². The van der Waals surface area contributed by atoms with Crippen LogP contribution < -0.4 is 5.32 Å². The summed E-state index contributed by atoms with van der Waals surface area (Å²) in [5, 5.41) is 7.22. The van der Waals surface area contributed by atoms with Gasteiger partial charge in [0.15, 0.2) is 5.82 Å². The minimum atomic E-state index is 0.658. The molecule has 5 nitrogen and oxygen atoms in total. The van der Waals surface area contributed by atoms with Crippen molar-refractivity contribution in [2.45, 2.75) is 27.2 Å². The monoisotopic (exact) mass is 358 g/mol. The van der Waals surface area contributed by atoms with E-state index >= 15 is 0 Å². The molecular formula is C12H15IN4O. The van der Waals surface area contributed by atoms with Crippen LogP contribution in [-0.2, 0) is 0 Å². The molecule has 0 bridgehead atoms. The Bertz CT molecular complexity index is 534. The number of rotatable bonds is 4. The van der Waals surface area contributed by atoms with Gasteiger partial charge in [-0.1, -0.05) is 12.1 Å². The van der Waals surface area contributed by atoms with E-state index in [9.17, 15) is 0 Å². The lowest BCUT2D eigenvalue weighted by atomic mass is 10.2. The number of nitrogens with one attached hydrogen (secondary N) is 1. The third-order valence-corrected chi connectivity index (χ3v) is 3.33. The molecule has 0 fully saturated rings. The first-order chi connectivity index (χ1) is 8.63. The SMILES string of the molecule is CCCNc1nc(-c2c(C)noc2C)ncc1I. The second-order valence-corrected chi connectivity index (χ2v) is 5.18. The molecule has 18 heavy (non-hydrogen) atoms. The topological polar surface area (TPSA) is 63.8 Å². The number of nitrogens with zero attached hydrogens (tertiary/aromatic N) is 3. The van der Waals surface area contributed by atoms with Crippen LogP contribution in [-0.4, -0.2) is 21.7 Å². The Balaban J connectivity index is 2.40. The molecule has 0 spiro atoms. The highest BCUT2D eigenvalue weighted by Gasteiger charge is 2.15. The molecule has 0 saturated heterocycles. The second-order valence-electron chi connectivity index (χ2n) is 4.02. The van der Waals surface area contributed by atoms with Gasteiger partial charge in [-0.2, -0.15) is 0 Å². The van der Waals surface area contributed by atoms with Crippen LogP contribution in [0.3, 0.4) is 0 Å². The third kappa shape index (κ3) is 2.63. The van der Waals surface area contributed by atoms with Crippen LogP contribution in [0, 0.1) is 17.4 Å². The van der Waals surface area contributed by atoms with Crippen molar-refractivity contribution in [3.8, 4) is 11.4 Å². The van der Waals surface area contributed by atoms with Crippen molar-refractivity contribution in [3.05, 3.63) is 21.2 Å². The summed E-state index contributed by atoms with van der Waals surface area (Å²) >= 11 is 2.23. The van der Waals surface area contributed by atoms with Crippen molar-refractivity contribution >= 4 is 28.4 Å². The average Bonchev–Trinajstić information content (AvgIpc) is 2.68. The summed E-state index contributed by atoms with van der Waals surface area (Å²) in [6.45, 7) is 6.78. The smallest absolute Gasteiger partial charge is 0.167 e. The van der Waals surface area contributed by atoms with Gasteiger partial charge >= 0.3 is 0 Å². The summed E-state index contributed by atoms with van der Waals surface area (Å²) in [7, 11) is 0. The van der Waals surface area contributed by atoms with Gasteiger partial charge in [-0.3, -0.25) is 0 Å². The molecule has 2 aromatic rings. The Morgan fingerprint density at radius 3 is 2.78 bits per heavy atom. The predicted octanol–water partition coefficient (Wildman–Crippen LogP) is 3.17. The fourth-order valence-electron chi connectivity index (χ4n) is 1.66. The zero-order valence-corrected chi connectivity index (χ0v) is 12.8. The van der Waals surface area contributed by atoms with E-state index in [-0.39, 0.29) is 0 Å². The number of anilines is 1. The molecule has 2 rings (SSSR count). The van der Waals surface area contributed by atoms with Gasteiger partial charge in [-0.15, -0.1) is 0 Å². The van der Waals surface area contributed by atoms with Crippen molar-refractivity contribution < 1.29 is 4.52 Å². The molecule has 6 heteroatoms. The van der Waals surface area contributed by atoms with Crippen molar-refractivity contribution in [2.24, 2.45) is 0 Å². The second kappa shape index (κ2) is 5.64. The van der Waals surface area contributed by atoms with E-state index in [2.05, 4.69) is 50.0 Å². The maximum atomic E-state index is 5.15. The molecule has 0 saturated carbocycles. The largest absolute Gasteiger partial charge is 0.369 e. The van der Waals surface area contributed by atoms with Crippen molar-refractivity contribution in [3.63, 3.8) is 0 Å². The van der Waals surface area contributed by atoms with Gasteiger partial charge in [0, 0.05) is 12.7 Å². The lowest BCUT2D eigenvalue weighted by Gasteiger charge is -2.07. The minimum Gasteiger partial charge on any atom is -0.369 e. The fourth-order valence-corrected chi connectivity index (χ4v) is 2.11. The van der Waals surface area contributed by atoms with Gasteiger partial charge in [0.05, 0.1) is 14.8 Å². The Hall–Kier alpha value is -1.18. The van der Waals surface area contributed by atoms with Gasteiger partial charge < -0.3 is 9.84 Å². The van der Waals surface area contributed by atoms with Crippen LogP contribution in [0.2, 0.25) is 0 Å². The zero-order chi connectivity index (χ0) is 13.1. The Morgan fingerprint density at radius 2 is 2.17 bits per heavy atom. The molecule has 0 unspecified atom stereocenters. The lowest BCUT2D eigenvalue weighted by molar-refractivity contribution is 0.393. The van der Waals surface area contributed by atoms with Crippen LogP contribution in [0.1, 0.15) is 24.8 Å². The maximum absolute atomic E-state index is 5.15. The first-order valence-electron chi connectivity index (χ1n) is 5.83. The normalized spacial score (nSPS) is 10.7. The maximum Gasteiger partial charge on any atom is 0.167 e. The molecule has 0 aromatic carbocycles. The number of aryl methyl sites for hydroxylation is 2. The summed E-state index contributed by atoms with van der Waals surface area (Å²) in [5.74, 6) is 2.27. The average molecular weight is 358 g/mol. The first-order valence-corrected chi connectivity index (χ1v) is 6.91. The van der Waals surface area contributed by atoms with E-state index < -0.39 is 0 Å². The van der Waals surface area contributed by atoms with Gasteiger partial charge in [0.25, 0.3) is 0 Å². The third-order valence-electron chi connectivity index (χ3n) is 2.54. The minimum absolute atomic E-state index is 0.658. The predicted molar refractivity (Wildman–Crippen MR) is 78.5 cm³/mol. The van der Waals surface area contributed by atoms with Gasteiger partial charge in [0.1, 0.15) is 11.6 Å². The summed E-state index contributed by atoms with van der Waals surface area (Å²) in [6, 6.07) is 0. The molecule has 96 valence electrons. The van der Waals surface area contributed by atoms with Crippen molar-refractivity contribution in [2.75, 3.05) is 11.9 Å². The molecule has 0 amide bonds. The van der Waals surface area contributed by atoms with E-state index in [1.165, 1.54) is 0 Å². The number of halogens is 1. The van der Waals surface area contributed by atoms with E-state index in [0.717, 1.165) is 39.4 Å².